The molecule has 0 amide bonds. The Morgan fingerprint density at radius 3 is 2.62 bits per heavy atom. The highest BCUT2D eigenvalue weighted by molar-refractivity contribution is 5.37. The first-order chi connectivity index (χ1) is 7.50. The van der Waals surface area contributed by atoms with E-state index in [1.165, 1.54) is 5.57 Å². The molecule has 0 aliphatic heterocycles. The largest absolute Gasteiger partial charge is 0.489 e. The number of allylic oxidation sites excluding steroid dienone is 1. The average molecular weight is 220 g/mol. The summed E-state index contributed by atoms with van der Waals surface area (Å²) in [7, 11) is 0. The number of aliphatic hydroxyl groups excluding tert-OH is 1. The molecule has 2 nitrogen and oxygen atoms in total. The number of hydrogen-bond acceptors (Lipinski definition) is 2. The van der Waals surface area contributed by atoms with Gasteiger partial charge in [0, 0.05) is 0 Å². The van der Waals surface area contributed by atoms with Gasteiger partial charge in [0.05, 0.1) is 6.10 Å². The lowest BCUT2D eigenvalue weighted by Crippen LogP contribution is -1.98. The maximum Gasteiger partial charge on any atom is 0.122 e. The zero-order valence-corrected chi connectivity index (χ0v) is 10.4. The molecular weight excluding hydrogens is 200 g/mol. The molecule has 2 heteroatoms. The SMILES string of the molecule is CC(C)=CCOc1ccc(C(C)O)cc1C. The van der Waals surface area contributed by atoms with E-state index < -0.39 is 6.10 Å². The van der Waals surface area contributed by atoms with Crippen molar-refractivity contribution in [1.29, 1.82) is 0 Å². The molecule has 1 aromatic carbocycles. The van der Waals surface area contributed by atoms with Gasteiger partial charge in [0.2, 0.25) is 0 Å². The average Bonchev–Trinajstić information content (AvgIpc) is 2.19. The van der Waals surface area contributed by atoms with Gasteiger partial charge in [-0.2, -0.15) is 0 Å². The number of hydrogen-bond donors (Lipinski definition) is 1. The maximum atomic E-state index is 9.44. The van der Waals surface area contributed by atoms with Crippen LogP contribution in [-0.4, -0.2) is 11.7 Å². The van der Waals surface area contributed by atoms with Gasteiger partial charge in [-0.1, -0.05) is 11.6 Å². The predicted molar refractivity (Wildman–Crippen MR) is 66.7 cm³/mol. The second-order valence-electron chi connectivity index (χ2n) is 4.29. The van der Waals surface area contributed by atoms with Crippen LogP contribution in [0.2, 0.25) is 0 Å². The van der Waals surface area contributed by atoms with Crippen LogP contribution in [0.4, 0.5) is 0 Å². The lowest BCUT2D eigenvalue weighted by atomic mass is 10.1. The van der Waals surface area contributed by atoms with Crippen molar-refractivity contribution in [3.63, 3.8) is 0 Å². The highest BCUT2D eigenvalue weighted by Crippen LogP contribution is 2.22. The van der Waals surface area contributed by atoms with Crippen molar-refractivity contribution >= 4 is 0 Å². The predicted octanol–water partition coefficient (Wildman–Crippen LogP) is 3.39. The van der Waals surface area contributed by atoms with E-state index in [0.717, 1.165) is 16.9 Å². The second-order valence-corrected chi connectivity index (χ2v) is 4.29. The van der Waals surface area contributed by atoms with Crippen molar-refractivity contribution in [3.8, 4) is 5.75 Å². The third-order valence-corrected chi connectivity index (χ3v) is 2.41. The van der Waals surface area contributed by atoms with Gasteiger partial charge in [0.15, 0.2) is 0 Å². The van der Waals surface area contributed by atoms with Crippen molar-refractivity contribution in [2.45, 2.75) is 33.8 Å². The van der Waals surface area contributed by atoms with Crippen LogP contribution in [0.15, 0.2) is 29.8 Å². The molecule has 0 aromatic heterocycles. The van der Waals surface area contributed by atoms with Gasteiger partial charge >= 0.3 is 0 Å². The van der Waals surface area contributed by atoms with Crippen molar-refractivity contribution < 1.29 is 9.84 Å². The Kier molecular flexibility index (Phi) is 4.56. The van der Waals surface area contributed by atoms with E-state index in [1.807, 2.05) is 45.0 Å². The molecule has 0 aliphatic carbocycles. The molecule has 1 atom stereocenters. The Labute approximate surface area is 97.6 Å². The third kappa shape index (κ3) is 3.70. The van der Waals surface area contributed by atoms with Crippen molar-refractivity contribution in [2.75, 3.05) is 6.61 Å². The Morgan fingerprint density at radius 1 is 1.44 bits per heavy atom. The van der Waals surface area contributed by atoms with Gasteiger partial charge in [-0.15, -0.1) is 0 Å². The number of benzene rings is 1. The summed E-state index contributed by atoms with van der Waals surface area (Å²) in [5.41, 5.74) is 3.23. The lowest BCUT2D eigenvalue weighted by molar-refractivity contribution is 0.199. The molecule has 1 rings (SSSR count). The van der Waals surface area contributed by atoms with Crippen molar-refractivity contribution in [2.24, 2.45) is 0 Å². The van der Waals surface area contributed by atoms with Crippen LogP contribution in [0.3, 0.4) is 0 Å². The highest BCUT2D eigenvalue weighted by Gasteiger charge is 2.04. The molecule has 0 bridgehead atoms. The first-order valence-corrected chi connectivity index (χ1v) is 5.55. The standard InChI is InChI=1S/C14H20O2/c1-10(2)7-8-16-14-6-5-13(12(4)15)9-11(14)3/h5-7,9,12,15H,8H2,1-4H3. The number of rotatable bonds is 4. The lowest BCUT2D eigenvalue weighted by Gasteiger charge is -2.10. The van der Waals surface area contributed by atoms with Gasteiger partial charge in [0.25, 0.3) is 0 Å². The van der Waals surface area contributed by atoms with Crippen LogP contribution in [0.1, 0.15) is 38.0 Å². The minimum Gasteiger partial charge on any atom is -0.489 e. The van der Waals surface area contributed by atoms with Gasteiger partial charge in [-0.3, -0.25) is 0 Å². The first kappa shape index (κ1) is 12.8. The minimum atomic E-state index is -0.425. The summed E-state index contributed by atoms with van der Waals surface area (Å²) in [5.74, 6) is 0.877. The quantitative estimate of drug-likeness (QED) is 0.788. The second kappa shape index (κ2) is 5.71. The van der Waals surface area contributed by atoms with Crippen molar-refractivity contribution in [1.82, 2.24) is 0 Å². The van der Waals surface area contributed by atoms with E-state index >= 15 is 0 Å². The van der Waals surface area contributed by atoms with Crippen LogP contribution >= 0.6 is 0 Å². The Balaban J connectivity index is 2.72. The molecule has 0 spiro atoms. The van der Waals surface area contributed by atoms with E-state index in [0.29, 0.717) is 6.61 Å². The summed E-state index contributed by atoms with van der Waals surface area (Å²) < 4.78 is 5.62. The Hall–Kier alpha value is -1.28. The zero-order chi connectivity index (χ0) is 12.1. The van der Waals surface area contributed by atoms with E-state index in [2.05, 4.69) is 0 Å². The number of ether oxygens (including phenoxy) is 1. The summed E-state index contributed by atoms with van der Waals surface area (Å²) in [6.07, 6.45) is 1.62. The molecule has 1 N–H and O–H groups in total. The molecule has 0 radical (unpaired) electrons. The molecule has 0 fully saturated rings. The van der Waals surface area contributed by atoms with Crippen LogP contribution in [0.25, 0.3) is 0 Å². The minimum absolute atomic E-state index is 0.425. The van der Waals surface area contributed by atoms with Crippen LogP contribution in [-0.2, 0) is 0 Å². The summed E-state index contributed by atoms with van der Waals surface area (Å²) in [6, 6.07) is 5.77. The topological polar surface area (TPSA) is 29.5 Å². The molecule has 88 valence electrons. The van der Waals surface area contributed by atoms with Crippen LogP contribution in [0, 0.1) is 6.92 Å². The molecule has 0 saturated carbocycles. The molecule has 0 saturated heterocycles. The summed E-state index contributed by atoms with van der Waals surface area (Å²) in [4.78, 5) is 0. The molecular formula is C14H20O2. The molecule has 1 unspecified atom stereocenters. The van der Waals surface area contributed by atoms with Gasteiger partial charge in [-0.05, 0) is 57.0 Å². The fourth-order valence-electron chi connectivity index (χ4n) is 1.39. The first-order valence-electron chi connectivity index (χ1n) is 5.55. The zero-order valence-electron chi connectivity index (χ0n) is 10.4. The van der Waals surface area contributed by atoms with E-state index in [1.54, 1.807) is 6.92 Å². The maximum absolute atomic E-state index is 9.44. The molecule has 16 heavy (non-hydrogen) atoms. The summed E-state index contributed by atoms with van der Waals surface area (Å²) in [6.45, 7) is 8.44. The van der Waals surface area contributed by atoms with Gasteiger partial charge in [-0.25, -0.2) is 0 Å². The summed E-state index contributed by atoms with van der Waals surface area (Å²) >= 11 is 0. The fraction of sp³-hybridized carbons (Fsp3) is 0.429. The van der Waals surface area contributed by atoms with E-state index in [-0.39, 0.29) is 0 Å². The Bertz CT molecular complexity index is 374. The van der Waals surface area contributed by atoms with Crippen LogP contribution < -0.4 is 4.74 Å². The molecule has 0 heterocycles. The third-order valence-electron chi connectivity index (χ3n) is 2.41. The highest BCUT2D eigenvalue weighted by atomic mass is 16.5. The molecule has 0 aliphatic rings. The van der Waals surface area contributed by atoms with Gasteiger partial charge in [0.1, 0.15) is 12.4 Å². The summed E-state index contributed by atoms with van der Waals surface area (Å²) in [5, 5.41) is 9.44. The van der Waals surface area contributed by atoms with Crippen molar-refractivity contribution in [3.05, 3.63) is 41.0 Å². The van der Waals surface area contributed by atoms with E-state index in [4.69, 9.17) is 4.74 Å². The fourth-order valence-corrected chi connectivity index (χ4v) is 1.39. The van der Waals surface area contributed by atoms with Crippen LogP contribution in [0.5, 0.6) is 5.75 Å². The molecule has 1 aromatic rings. The van der Waals surface area contributed by atoms with Gasteiger partial charge < -0.3 is 9.84 Å². The smallest absolute Gasteiger partial charge is 0.122 e. The van der Waals surface area contributed by atoms with E-state index in [9.17, 15) is 5.11 Å². The number of aliphatic hydroxyl groups is 1. The monoisotopic (exact) mass is 220 g/mol. The normalized spacial score (nSPS) is 12.1. The Morgan fingerprint density at radius 2 is 2.12 bits per heavy atom. The number of aryl methyl sites for hydroxylation is 1.